The molecule has 0 aromatic carbocycles. The van der Waals surface area contributed by atoms with E-state index < -0.39 is 5.41 Å². The lowest BCUT2D eigenvalue weighted by Crippen LogP contribution is -2.27. The molecule has 0 bridgehead atoms. The van der Waals surface area contributed by atoms with E-state index in [2.05, 4.69) is 20.6 Å². The number of carbonyl (C=O) groups is 2. The first kappa shape index (κ1) is 20.2. The van der Waals surface area contributed by atoms with Gasteiger partial charge in [-0.05, 0) is 30.7 Å². The molecular formula is C20H22N4O2S2. The quantitative estimate of drug-likeness (QED) is 0.644. The van der Waals surface area contributed by atoms with E-state index in [1.165, 1.54) is 22.7 Å². The molecule has 6 nitrogen and oxygen atoms in total. The summed E-state index contributed by atoms with van der Waals surface area (Å²) in [5.41, 5.74) is 2.22. The second-order valence-electron chi connectivity index (χ2n) is 7.37. The highest BCUT2D eigenvalue weighted by atomic mass is 32.1. The van der Waals surface area contributed by atoms with Crippen molar-refractivity contribution in [2.75, 3.05) is 5.32 Å². The third-order valence-electron chi connectivity index (χ3n) is 3.97. The Labute approximate surface area is 172 Å². The molecule has 3 heterocycles. The van der Waals surface area contributed by atoms with Gasteiger partial charge in [0.1, 0.15) is 5.01 Å². The van der Waals surface area contributed by atoms with Crippen LogP contribution >= 0.6 is 22.7 Å². The van der Waals surface area contributed by atoms with Gasteiger partial charge in [-0.15, -0.1) is 22.7 Å². The van der Waals surface area contributed by atoms with Gasteiger partial charge in [0.2, 0.25) is 5.91 Å². The molecule has 0 unspecified atom stereocenters. The Balaban J connectivity index is 1.63. The van der Waals surface area contributed by atoms with Crippen LogP contribution in [0.3, 0.4) is 0 Å². The van der Waals surface area contributed by atoms with Gasteiger partial charge in [-0.2, -0.15) is 0 Å². The molecule has 146 valence electrons. The Morgan fingerprint density at radius 2 is 1.89 bits per heavy atom. The van der Waals surface area contributed by atoms with Crippen LogP contribution in [0.2, 0.25) is 0 Å². The third-order valence-corrected chi connectivity index (χ3v) is 5.97. The number of thiazole rings is 1. The number of amides is 2. The molecule has 3 aromatic heterocycles. The maximum absolute atomic E-state index is 12.6. The highest BCUT2D eigenvalue weighted by Gasteiger charge is 2.23. The number of nitrogens with zero attached hydrogens (tertiary/aromatic N) is 2. The molecular weight excluding hydrogens is 392 g/mol. The molecule has 8 heteroatoms. The van der Waals surface area contributed by atoms with Crippen LogP contribution in [0.15, 0.2) is 36.0 Å². The first-order valence-electron chi connectivity index (χ1n) is 8.79. The first-order chi connectivity index (χ1) is 13.2. The van der Waals surface area contributed by atoms with Crippen LogP contribution < -0.4 is 10.6 Å². The second-order valence-corrected chi connectivity index (χ2v) is 9.37. The lowest BCUT2D eigenvalue weighted by atomic mass is 9.96. The van der Waals surface area contributed by atoms with Crippen molar-refractivity contribution in [3.63, 3.8) is 0 Å². The predicted octanol–water partition coefficient (Wildman–Crippen LogP) is 4.49. The summed E-state index contributed by atoms with van der Waals surface area (Å²) >= 11 is 2.78. The molecule has 0 aliphatic carbocycles. The Bertz CT molecular complexity index is 987. The molecule has 0 radical (unpaired) electrons. The van der Waals surface area contributed by atoms with Crippen molar-refractivity contribution in [1.29, 1.82) is 0 Å². The number of carbonyl (C=O) groups excluding carboxylic acids is 2. The van der Waals surface area contributed by atoms with Gasteiger partial charge in [0.25, 0.3) is 5.91 Å². The molecule has 0 saturated carbocycles. The van der Waals surface area contributed by atoms with Crippen molar-refractivity contribution in [2.45, 2.75) is 34.2 Å². The van der Waals surface area contributed by atoms with Crippen molar-refractivity contribution >= 4 is 39.5 Å². The predicted molar refractivity (Wildman–Crippen MR) is 114 cm³/mol. The summed E-state index contributed by atoms with van der Waals surface area (Å²) < 4.78 is 0. The minimum Gasteiger partial charge on any atom is -0.345 e. The van der Waals surface area contributed by atoms with Crippen LogP contribution in [-0.4, -0.2) is 21.8 Å². The van der Waals surface area contributed by atoms with Gasteiger partial charge in [0.05, 0.1) is 22.1 Å². The Morgan fingerprint density at radius 1 is 1.18 bits per heavy atom. The minimum atomic E-state index is -0.488. The van der Waals surface area contributed by atoms with Gasteiger partial charge in [-0.1, -0.05) is 20.8 Å². The summed E-state index contributed by atoms with van der Waals surface area (Å²) in [5, 5.41) is 9.26. The van der Waals surface area contributed by atoms with Crippen LogP contribution in [-0.2, 0) is 11.3 Å². The molecule has 2 amide bonds. The molecule has 0 aliphatic rings. The Morgan fingerprint density at radius 3 is 2.57 bits per heavy atom. The summed E-state index contributed by atoms with van der Waals surface area (Å²) in [6.45, 7) is 7.78. The topological polar surface area (TPSA) is 84.0 Å². The third kappa shape index (κ3) is 4.82. The summed E-state index contributed by atoms with van der Waals surface area (Å²) in [7, 11) is 0. The average Bonchev–Trinajstić information content (AvgIpc) is 3.26. The fourth-order valence-corrected chi connectivity index (χ4v) is 4.08. The summed E-state index contributed by atoms with van der Waals surface area (Å²) in [5.74, 6) is -0.244. The number of pyridine rings is 1. The second kappa shape index (κ2) is 8.20. The van der Waals surface area contributed by atoms with Crippen molar-refractivity contribution in [3.05, 3.63) is 51.4 Å². The van der Waals surface area contributed by atoms with Crippen molar-refractivity contribution in [1.82, 2.24) is 15.3 Å². The molecule has 3 rings (SSSR count). The standard InChI is InChI=1S/C20H22N4O2S2/c1-12-9-15(24-19(26)20(2,3)4)28-17(12)18(25)22-10-16-23-14(11-27-16)13-5-7-21-8-6-13/h5-9,11H,10H2,1-4H3,(H,22,25)(H,24,26). The van der Waals surface area contributed by atoms with Crippen molar-refractivity contribution in [2.24, 2.45) is 5.41 Å². The minimum absolute atomic E-state index is 0.0767. The van der Waals surface area contributed by atoms with Gasteiger partial charge in [-0.3, -0.25) is 14.6 Å². The van der Waals surface area contributed by atoms with Crippen LogP contribution in [0.4, 0.5) is 5.00 Å². The van der Waals surface area contributed by atoms with Gasteiger partial charge in [-0.25, -0.2) is 4.98 Å². The number of aromatic nitrogens is 2. The van der Waals surface area contributed by atoms with E-state index in [1.54, 1.807) is 12.4 Å². The highest BCUT2D eigenvalue weighted by molar-refractivity contribution is 7.18. The van der Waals surface area contributed by atoms with E-state index in [4.69, 9.17) is 0 Å². The zero-order valence-electron chi connectivity index (χ0n) is 16.2. The lowest BCUT2D eigenvalue weighted by molar-refractivity contribution is -0.123. The Kier molecular flexibility index (Phi) is 5.90. The van der Waals surface area contributed by atoms with E-state index in [0.29, 0.717) is 16.4 Å². The number of hydrogen-bond donors (Lipinski definition) is 2. The smallest absolute Gasteiger partial charge is 0.262 e. The molecule has 0 atom stereocenters. The number of aryl methyl sites for hydroxylation is 1. The fraction of sp³-hybridized carbons (Fsp3) is 0.300. The maximum Gasteiger partial charge on any atom is 0.262 e. The summed E-state index contributed by atoms with van der Waals surface area (Å²) in [6.07, 6.45) is 3.46. The number of rotatable bonds is 5. The normalized spacial score (nSPS) is 11.3. The zero-order chi connectivity index (χ0) is 20.3. The maximum atomic E-state index is 12.6. The number of nitrogens with one attached hydrogen (secondary N) is 2. The molecule has 2 N–H and O–H groups in total. The average molecular weight is 415 g/mol. The van der Waals surface area contributed by atoms with Gasteiger partial charge in [0, 0.05) is 28.8 Å². The van der Waals surface area contributed by atoms with Crippen LogP contribution in [0.1, 0.15) is 41.0 Å². The molecule has 0 saturated heterocycles. The molecule has 3 aromatic rings. The number of hydrogen-bond acceptors (Lipinski definition) is 6. The van der Waals surface area contributed by atoms with E-state index in [0.717, 1.165) is 21.8 Å². The van der Waals surface area contributed by atoms with E-state index in [1.807, 2.05) is 51.3 Å². The monoisotopic (exact) mass is 414 g/mol. The first-order valence-corrected chi connectivity index (χ1v) is 10.5. The number of thiophene rings is 1. The SMILES string of the molecule is Cc1cc(NC(=O)C(C)(C)C)sc1C(=O)NCc1nc(-c2ccncc2)cs1. The molecule has 28 heavy (non-hydrogen) atoms. The van der Waals surface area contributed by atoms with Crippen LogP contribution in [0.5, 0.6) is 0 Å². The van der Waals surface area contributed by atoms with Crippen LogP contribution in [0.25, 0.3) is 11.3 Å². The Hall–Kier alpha value is -2.58. The van der Waals surface area contributed by atoms with Crippen molar-refractivity contribution in [3.8, 4) is 11.3 Å². The highest BCUT2D eigenvalue weighted by Crippen LogP contribution is 2.28. The van der Waals surface area contributed by atoms with E-state index in [9.17, 15) is 9.59 Å². The largest absolute Gasteiger partial charge is 0.345 e. The molecule has 0 fully saturated rings. The van der Waals surface area contributed by atoms with E-state index >= 15 is 0 Å². The zero-order valence-corrected chi connectivity index (χ0v) is 17.8. The number of anilines is 1. The molecule has 0 spiro atoms. The van der Waals surface area contributed by atoms with Gasteiger partial charge < -0.3 is 10.6 Å². The lowest BCUT2D eigenvalue weighted by Gasteiger charge is -2.16. The van der Waals surface area contributed by atoms with Crippen molar-refractivity contribution < 1.29 is 9.59 Å². The summed E-state index contributed by atoms with van der Waals surface area (Å²) in [4.78, 5) is 33.9. The van der Waals surface area contributed by atoms with E-state index in [-0.39, 0.29) is 11.8 Å². The van der Waals surface area contributed by atoms with Gasteiger partial charge in [0.15, 0.2) is 0 Å². The summed E-state index contributed by atoms with van der Waals surface area (Å²) in [6, 6.07) is 5.63. The molecule has 0 aliphatic heterocycles. The van der Waals surface area contributed by atoms with Gasteiger partial charge >= 0.3 is 0 Å². The van der Waals surface area contributed by atoms with Crippen LogP contribution in [0, 0.1) is 12.3 Å². The fourth-order valence-electron chi connectivity index (χ4n) is 2.35.